The molecule has 114 valence electrons. The van der Waals surface area contributed by atoms with Gasteiger partial charge in [0.1, 0.15) is 0 Å². The van der Waals surface area contributed by atoms with Crippen LogP contribution in [0.1, 0.15) is 29.6 Å². The average Bonchev–Trinajstić information content (AvgIpc) is 2.89. The molecule has 2 rings (SSSR count). The summed E-state index contributed by atoms with van der Waals surface area (Å²) in [6, 6.07) is -0.263. The zero-order valence-electron chi connectivity index (χ0n) is 10.6. The van der Waals surface area contributed by atoms with Gasteiger partial charge in [-0.3, -0.25) is 9.59 Å². The van der Waals surface area contributed by atoms with Crippen molar-refractivity contribution in [2.24, 2.45) is 5.92 Å². The lowest BCUT2D eigenvalue weighted by Gasteiger charge is -2.13. The second-order valence-corrected chi connectivity index (χ2v) is 4.87. The van der Waals surface area contributed by atoms with Crippen LogP contribution in [0.3, 0.4) is 0 Å². The number of carbonyl (C=O) groups is 2. The lowest BCUT2D eigenvalue weighted by Crippen LogP contribution is -2.34. The minimum absolute atomic E-state index is 0.148. The molecular weight excluding hydrogens is 294 g/mol. The predicted molar refractivity (Wildman–Crippen MR) is 62.5 cm³/mol. The molecule has 1 amide bonds. The number of hydrogen-bond acceptors (Lipinski definition) is 2. The normalized spacial score (nSPS) is 21.3. The van der Waals surface area contributed by atoms with Crippen molar-refractivity contribution in [1.82, 2.24) is 5.32 Å². The van der Waals surface area contributed by atoms with Crippen LogP contribution in [-0.2, 0) is 4.79 Å². The second kappa shape index (κ2) is 5.71. The van der Waals surface area contributed by atoms with Crippen LogP contribution in [0.2, 0.25) is 0 Å². The maximum Gasteiger partial charge on any atom is 0.306 e. The summed E-state index contributed by atoms with van der Waals surface area (Å²) in [6.07, 6.45) is 0.847. The minimum atomic E-state index is -2.06. The smallest absolute Gasteiger partial charge is 0.306 e. The zero-order chi connectivity index (χ0) is 15.7. The molecule has 1 aromatic rings. The number of carbonyl (C=O) groups excluding carboxylic acids is 1. The first-order chi connectivity index (χ1) is 9.81. The second-order valence-electron chi connectivity index (χ2n) is 4.87. The van der Waals surface area contributed by atoms with Crippen molar-refractivity contribution < 1.29 is 32.3 Å². The first-order valence-electron chi connectivity index (χ1n) is 6.18. The highest BCUT2D eigenvalue weighted by atomic mass is 19.2. The zero-order valence-corrected chi connectivity index (χ0v) is 10.6. The van der Waals surface area contributed by atoms with Crippen molar-refractivity contribution in [3.63, 3.8) is 0 Å². The van der Waals surface area contributed by atoms with E-state index >= 15 is 0 Å². The van der Waals surface area contributed by atoms with Gasteiger partial charge in [-0.25, -0.2) is 17.6 Å². The Morgan fingerprint density at radius 3 is 2.33 bits per heavy atom. The fourth-order valence-electron chi connectivity index (χ4n) is 2.34. The number of carboxylic acid groups (broad SMARTS) is 1. The summed E-state index contributed by atoms with van der Waals surface area (Å²) in [7, 11) is 0. The van der Waals surface area contributed by atoms with Crippen LogP contribution in [0.25, 0.3) is 0 Å². The molecule has 0 radical (unpaired) electrons. The van der Waals surface area contributed by atoms with Crippen molar-refractivity contribution in [2.75, 3.05) is 0 Å². The number of nitrogens with one attached hydrogen (secondary N) is 1. The predicted octanol–water partition coefficient (Wildman–Crippen LogP) is 2.23. The molecule has 1 saturated carbocycles. The van der Waals surface area contributed by atoms with Crippen LogP contribution in [-0.4, -0.2) is 23.0 Å². The van der Waals surface area contributed by atoms with Gasteiger partial charge in [-0.1, -0.05) is 0 Å². The Morgan fingerprint density at radius 1 is 1.10 bits per heavy atom. The number of amides is 1. The number of carboxylic acids is 1. The molecule has 0 heterocycles. The highest BCUT2D eigenvalue weighted by molar-refractivity contribution is 5.94. The lowest BCUT2D eigenvalue weighted by molar-refractivity contribution is -0.141. The van der Waals surface area contributed by atoms with Crippen LogP contribution in [0.4, 0.5) is 17.6 Å². The molecule has 2 N–H and O–H groups in total. The maximum absolute atomic E-state index is 13.4. The van der Waals surface area contributed by atoms with Crippen molar-refractivity contribution in [3.05, 3.63) is 34.9 Å². The van der Waals surface area contributed by atoms with Crippen molar-refractivity contribution in [1.29, 1.82) is 0 Å². The van der Waals surface area contributed by atoms with Crippen LogP contribution in [0.15, 0.2) is 6.07 Å². The van der Waals surface area contributed by atoms with Gasteiger partial charge >= 0.3 is 5.97 Å². The molecular formula is C13H11F4NO3. The van der Waals surface area contributed by atoms with Gasteiger partial charge in [-0.05, 0) is 25.3 Å². The number of halogens is 4. The van der Waals surface area contributed by atoms with E-state index < -0.39 is 52.7 Å². The van der Waals surface area contributed by atoms with Gasteiger partial charge in [0.05, 0.1) is 11.5 Å². The summed E-state index contributed by atoms with van der Waals surface area (Å²) in [4.78, 5) is 22.5. The third-order valence-corrected chi connectivity index (χ3v) is 3.46. The fourth-order valence-corrected chi connectivity index (χ4v) is 2.34. The summed E-state index contributed by atoms with van der Waals surface area (Å²) in [5.41, 5.74) is -0.954. The summed E-state index contributed by atoms with van der Waals surface area (Å²) >= 11 is 0. The Kier molecular flexibility index (Phi) is 4.15. The van der Waals surface area contributed by atoms with E-state index in [0.717, 1.165) is 0 Å². The number of hydrogen-bond donors (Lipinski definition) is 2. The summed E-state index contributed by atoms with van der Waals surface area (Å²) < 4.78 is 52.3. The van der Waals surface area contributed by atoms with E-state index in [1.54, 1.807) is 0 Å². The van der Waals surface area contributed by atoms with Gasteiger partial charge in [-0.15, -0.1) is 0 Å². The Morgan fingerprint density at radius 2 is 1.76 bits per heavy atom. The summed E-state index contributed by atoms with van der Waals surface area (Å²) in [5, 5.41) is 11.1. The van der Waals surface area contributed by atoms with Crippen molar-refractivity contribution in [2.45, 2.75) is 25.3 Å². The van der Waals surface area contributed by atoms with Gasteiger partial charge < -0.3 is 10.4 Å². The van der Waals surface area contributed by atoms with Gasteiger partial charge in [0.25, 0.3) is 5.91 Å². The Bertz CT molecular complexity index is 606. The molecule has 21 heavy (non-hydrogen) atoms. The molecule has 0 aliphatic heterocycles. The highest BCUT2D eigenvalue weighted by Crippen LogP contribution is 2.26. The van der Waals surface area contributed by atoms with Gasteiger partial charge in [0, 0.05) is 6.04 Å². The fraction of sp³-hybridized carbons (Fsp3) is 0.385. The van der Waals surface area contributed by atoms with E-state index in [1.165, 1.54) is 0 Å². The summed E-state index contributed by atoms with van der Waals surface area (Å²) in [5.74, 6) is -10.2. The van der Waals surface area contributed by atoms with E-state index in [4.69, 9.17) is 5.11 Å². The Hall–Kier alpha value is -2.12. The molecule has 0 spiro atoms. The van der Waals surface area contributed by atoms with E-state index in [9.17, 15) is 27.2 Å². The molecule has 1 aliphatic carbocycles. The minimum Gasteiger partial charge on any atom is -0.481 e. The monoisotopic (exact) mass is 305 g/mol. The average molecular weight is 305 g/mol. The maximum atomic E-state index is 13.4. The largest absolute Gasteiger partial charge is 0.481 e. The SMILES string of the molecule is O=C(NC1CCC(C(=O)O)C1)c1cc(F)c(F)c(F)c1F. The van der Waals surface area contributed by atoms with E-state index in [2.05, 4.69) is 5.32 Å². The number of benzene rings is 1. The first kappa shape index (κ1) is 15.3. The molecule has 0 bridgehead atoms. The van der Waals surface area contributed by atoms with Crippen molar-refractivity contribution in [3.8, 4) is 0 Å². The topological polar surface area (TPSA) is 66.4 Å². The molecule has 1 aliphatic rings. The Labute approximate surface area is 116 Å². The van der Waals surface area contributed by atoms with E-state index in [-0.39, 0.29) is 12.5 Å². The van der Waals surface area contributed by atoms with Crippen LogP contribution in [0, 0.1) is 29.2 Å². The van der Waals surface area contributed by atoms with E-state index in [0.29, 0.717) is 12.8 Å². The number of rotatable bonds is 3. The van der Waals surface area contributed by atoms with Crippen LogP contribution >= 0.6 is 0 Å². The third kappa shape index (κ3) is 2.98. The quantitative estimate of drug-likeness (QED) is 0.511. The standard InChI is InChI=1S/C13H11F4NO3/c14-8-4-7(9(15)11(17)10(8)16)12(19)18-6-2-1-5(3-6)13(20)21/h4-6H,1-3H2,(H,18,19)(H,20,21). The third-order valence-electron chi connectivity index (χ3n) is 3.46. The summed E-state index contributed by atoms with van der Waals surface area (Å²) in [6.45, 7) is 0. The lowest BCUT2D eigenvalue weighted by atomic mass is 10.1. The molecule has 2 atom stereocenters. The number of aliphatic carboxylic acids is 1. The molecule has 0 aromatic heterocycles. The van der Waals surface area contributed by atoms with Gasteiger partial charge in [0.15, 0.2) is 23.3 Å². The van der Waals surface area contributed by atoms with Crippen molar-refractivity contribution >= 4 is 11.9 Å². The molecule has 0 saturated heterocycles. The van der Waals surface area contributed by atoms with Gasteiger partial charge in [0.2, 0.25) is 0 Å². The molecule has 1 fully saturated rings. The molecule has 4 nitrogen and oxygen atoms in total. The van der Waals surface area contributed by atoms with E-state index in [1.807, 2.05) is 0 Å². The van der Waals surface area contributed by atoms with Crippen LogP contribution in [0.5, 0.6) is 0 Å². The highest BCUT2D eigenvalue weighted by Gasteiger charge is 2.32. The van der Waals surface area contributed by atoms with Gasteiger partial charge in [-0.2, -0.15) is 0 Å². The molecule has 1 aromatic carbocycles. The molecule has 8 heteroatoms. The molecule has 2 unspecified atom stereocenters. The van der Waals surface area contributed by atoms with Crippen LogP contribution < -0.4 is 5.32 Å². The first-order valence-corrected chi connectivity index (χ1v) is 6.18. The Balaban J connectivity index is 2.13.